The molecule has 1 saturated carbocycles. The van der Waals surface area contributed by atoms with Gasteiger partial charge in [-0.3, -0.25) is 9.59 Å². The summed E-state index contributed by atoms with van der Waals surface area (Å²) in [5.41, 5.74) is -2.38. The number of halogens is 6. The van der Waals surface area contributed by atoms with E-state index in [-0.39, 0.29) is 66.1 Å². The normalized spacial score (nSPS) is 19.9. The number of imide groups is 1. The van der Waals surface area contributed by atoms with Gasteiger partial charge < -0.3 is 24.4 Å². The molecule has 17 heteroatoms. The predicted molar refractivity (Wildman–Crippen MR) is 169 cm³/mol. The molecule has 48 heavy (non-hydrogen) atoms. The van der Waals surface area contributed by atoms with E-state index in [1.807, 2.05) is 0 Å². The van der Waals surface area contributed by atoms with Crippen molar-refractivity contribution in [3.63, 3.8) is 0 Å². The number of hydrogen-bond donors (Lipinski definition) is 1. The molecular formula is C31H33Cl2F4N5O6. The van der Waals surface area contributed by atoms with Gasteiger partial charge in [0, 0.05) is 24.5 Å². The summed E-state index contributed by atoms with van der Waals surface area (Å²) in [6.07, 6.45) is -5.87. The fourth-order valence-electron chi connectivity index (χ4n) is 5.82. The van der Waals surface area contributed by atoms with Crippen molar-refractivity contribution in [2.45, 2.75) is 69.9 Å². The quantitative estimate of drug-likeness (QED) is 0.283. The second-order valence-corrected chi connectivity index (χ2v) is 12.6. The van der Waals surface area contributed by atoms with E-state index in [4.69, 9.17) is 25.8 Å². The van der Waals surface area contributed by atoms with E-state index in [2.05, 4.69) is 15.3 Å². The van der Waals surface area contributed by atoms with E-state index in [0.29, 0.717) is 15.8 Å². The van der Waals surface area contributed by atoms with Crippen LogP contribution in [-0.4, -0.2) is 81.3 Å². The minimum Gasteiger partial charge on any atom is -0.493 e. The Morgan fingerprint density at radius 1 is 1.06 bits per heavy atom. The summed E-state index contributed by atoms with van der Waals surface area (Å²) in [6, 6.07) is 7.62. The van der Waals surface area contributed by atoms with Crippen LogP contribution in [0.4, 0.5) is 33.9 Å². The minimum atomic E-state index is -5.23. The average Bonchev–Trinajstić information content (AvgIpc) is 3.00. The Balaban J connectivity index is 0.00000520. The molecule has 0 atom stereocenters. The first-order valence-corrected chi connectivity index (χ1v) is 15.1. The summed E-state index contributed by atoms with van der Waals surface area (Å²) < 4.78 is 72.8. The highest BCUT2D eigenvalue weighted by molar-refractivity contribution is 6.31. The monoisotopic (exact) mass is 717 g/mol. The third kappa shape index (κ3) is 7.31. The summed E-state index contributed by atoms with van der Waals surface area (Å²) >= 11 is 5.92. The number of hydrogen-bond acceptors (Lipinski definition) is 9. The van der Waals surface area contributed by atoms with Gasteiger partial charge in [-0.05, 0) is 64.7 Å². The van der Waals surface area contributed by atoms with Crippen molar-refractivity contribution in [1.82, 2.24) is 19.8 Å². The lowest BCUT2D eigenvalue weighted by Crippen LogP contribution is -2.71. The van der Waals surface area contributed by atoms with Crippen LogP contribution in [0.5, 0.6) is 11.5 Å². The number of fused-ring (bicyclic) bond motifs is 1. The summed E-state index contributed by atoms with van der Waals surface area (Å²) in [5, 5.41) is 3.26. The smallest absolute Gasteiger partial charge is 0.471 e. The van der Waals surface area contributed by atoms with Gasteiger partial charge in [0.25, 0.3) is 5.91 Å². The van der Waals surface area contributed by atoms with Crippen molar-refractivity contribution in [1.29, 1.82) is 0 Å². The zero-order valence-electron chi connectivity index (χ0n) is 26.3. The van der Waals surface area contributed by atoms with Crippen molar-refractivity contribution in [3.05, 3.63) is 47.5 Å². The molecule has 2 fully saturated rings. The zero-order valence-corrected chi connectivity index (χ0v) is 27.9. The highest BCUT2D eigenvalue weighted by Gasteiger charge is 2.59. The standard InChI is InChI=1S/C31H32ClF4N5O6.ClH/c1-29(2,3)47-28(44)40-12-13-41(27(43)31(34,35)36)30(26(40)42)10-8-17(9-11-30)46-23-14-18-21(15-22(23)45-4)37-16-38-25(18)39-20-7-5-6-19(32)24(20)33;/h5-7,14-17H,8-13H2,1-4H3,(H,37,38,39);1H. The Kier molecular flexibility index (Phi) is 10.5. The maximum absolute atomic E-state index is 14.6. The maximum Gasteiger partial charge on any atom is 0.471 e. The number of rotatable bonds is 5. The minimum absolute atomic E-state index is 0. The molecule has 2 aliphatic rings. The van der Waals surface area contributed by atoms with Crippen molar-refractivity contribution < 1.29 is 46.2 Å². The first-order valence-electron chi connectivity index (χ1n) is 14.7. The third-order valence-electron chi connectivity index (χ3n) is 7.99. The van der Waals surface area contributed by atoms with Gasteiger partial charge in [-0.15, -0.1) is 12.4 Å². The van der Waals surface area contributed by atoms with Gasteiger partial charge in [-0.25, -0.2) is 24.1 Å². The SMILES string of the molecule is COc1cc2ncnc(Nc3cccc(Cl)c3F)c2cc1OC1CCC2(CC1)C(=O)N(C(=O)OC(C)(C)C)CCN2C(=O)C(F)(F)F.Cl. The molecule has 11 nitrogen and oxygen atoms in total. The summed E-state index contributed by atoms with van der Waals surface area (Å²) in [4.78, 5) is 49.0. The Morgan fingerprint density at radius 3 is 2.38 bits per heavy atom. The van der Waals surface area contributed by atoms with Crippen molar-refractivity contribution in [3.8, 4) is 11.5 Å². The summed E-state index contributed by atoms with van der Waals surface area (Å²) in [6.45, 7) is 3.84. The van der Waals surface area contributed by atoms with Crippen LogP contribution in [0.15, 0.2) is 36.7 Å². The number of benzene rings is 2. The van der Waals surface area contributed by atoms with Gasteiger partial charge in [0.05, 0.1) is 29.4 Å². The van der Waals surface area contributed by atoms with Crippen LogP contribution in [0.25, 0.3) is 10.9 Å². The molecule has 3 aromatic rings. The van der Waals surface area contributed by atoms with E-state index in [9.17, 15) is 31.9 Å². The molecule has 3 amide bonds. The highest BCUT2D eigenvalue weighted by atomic mass is 35.5. The molecule has 260 valence electrons. The van der Waals surface area contributed by atoms with Crippen LogP contribution in [0.2, 0.25) is 5.02 Å². The molecule has 1 spiro atoms. The molecule has 0 unspecified atom stereocenters. The van der Waals surface area contributed by atoms with Crippen molar-refractivity contribution >= 4 is 64.3 Å². The number of nitrogens with zero attached hydrogens (tertiary/aromatic N) is 4. The predicted octanol–water partition coefficient (Wildman–Crippen LogP) is 6.82. The Bertz CT molecular complexity index is 1710. The third-order valence-corrected chi connectivity index (χ3v) is 8.28. The van der Waals surface area contributed by atoms with E-state index in [1.165, 1.54) is 25.6 Å². The van der Waals surface area contributed by atoms with Gasteiger partial charge >= 0.3 is 18.2 Å². The molecule has 0 radical (unpaired) electrons. The molecule has 1 saturated heterocycles. The molecule has 1 N–H and O–H groups in total. The second kappa shape index (κ2) is 13.8. The van der Waals surface area contributed by atoms with E-state index < -0.39 is 60.2 Å². The number of amides is 3. The van der Waals surface area contributed by atoms with E-state index >= 15 is 0 Å². The van der Waals surface area contributed by atoms with Crippen molar-refractivity contribution in [2.24, 2.45) is 0 Å². The first-order chi connectivity index (χ1) is 22.0. The van der Waals surface area contributed by atoms with Crippen LogP contribution < -0.4 is 14.8 Å². The molecular weight excluding hydrogens is 685 g/mol. The Morgan fingerprint density at radius 2 is 1.75 bits per heavy atom. The highest BCUT2D eigenvalue weighted by Crippen LogP contribution is 2.43. The lowest BCUT2D eigenvalue weighted by atomic mass is 9.76. The average molecular weight is 719 g/mol. The Hall–Kier alpha value is -4.11. The van der Waals surface area contributed by atoms with Gasteiger partial charge in [0.1, 0.15) is 23.3 Å². The number of aromatic nitrogens is 2. The van der Waals surface area contributed by atoms with Crippen LogP contribution >= 0.6 is 24.0 Å². The fourth-order valence-corrected chi connectivity index (χ4v) is 5.99. The largest absolute Gasteiger partial charge is 0.493 e. The maximum atomic E-state index is 14.6. The zero-order chi connectivity index (χ0) is 34.3. The fraction of sp³-hybridized carbons (Fsp3) is 0.452. The van der Waals surface area contributed by atoms with Crippen LogP contribution in [0, 0.1) is 5.82 Å². The molecule has 2 heterocycles. The second-order valence-electron chi connectivity index (χ2n) is 12.2. The van der Waals surface area contributed by atoms with Crippen LogP contribution in [0.3, 0.4) is 0 Å². The molecule has 0 bridgehead atoms. The summed E-state index contributed by atoms with van der Waals surface area (Å²) in [5.74, 6) is -3.00. The molecule has 1 aromatic heterocycles. The van der Waals surface area contributed by atoms with Gasteiger partial charge in [0.2, 0.25) is 0 Å². The van der Waals surface area contributed by atoms with Crippen LogP contribution in [0.1, 0.15) is 46.5 Å². The molecule has 1 aliphatic carbocycles. The van der Waals surface area contributed by atoms with Crippen LogP contribution in [-0.2, 0) is 14.3 Å². The lowest BCUT2D eigenvalue weighted by Gasteiger charge is -2.51. The number of alkyl halides is 3. The van der Waals surface area contributed by atoms with Crippen molar-refractivity contribution in [2.75, 3.05) is 25.5 Å². The first kappa shape index (κ1) is 36.7. The number of carbonyl (C=O) groups is 3. The van der Waals surface area contributed by atoms with Gasteiger partial charge in [-0.2, -0.15) is 13.2 Å². The summed E-state index contributed by atoms with van der Waals surface area (Å²) in [7, 11) is 1.41. The number of methoxy groups -OCH3 is 1. The molecule has 5 rings (SSSR count). The number of ether oxygens (including phenoxy) is 3. The van der Waals surface area contributed by atoms with E-state index in [0.717, 1.165) is 4.90 Å². The number of piperazine rings is 1. The number of anilines is 2. The molecule has 1 aliphatic heterocycles. The number of carbonyl (C=O) groups excluding carboxylic acids is 3. The lowest BCUT2D eigenvalue weighted by molar-refractivity contribution is -0.199. The Labute approximate surface area is 284 Å². The molecule has 2 aromatic carbocycles. The topological polar surface area (TPSA) is 123 Å². The van der Waals surface area contributed by atoms with Gasteiger partial charge in [0.15, 0.2) is 17.3 Å². The number of nitrogens with one attached hydrogen (secondary N) is 1. The van der Waals surface area contributed by atoms with E-state index in [1.54, 1.807) is 39.0 Å². The van der Waals surface area contributed by atoms with Gasteiger partial charge in [-0.1, -0.05) is 17.7 Å².